The van der Waals surface area contributed by atoms with E-state index in [-0.39, 0.29) is 11.7 Å². The standard InChI is InChI=1S/C13H15N3O2S/c1-9-4-6-12(19-9)10(2)15(3)13-7-5-11(8-14-13)16(17)18/h4-8,10H,1-3H3. The van der Waals surface area contributed by atoms with Crippen molar-refractivity contribution < 1.29 is 4.92 Å². The second-order valence-electron chi connectivity index (χ2n) is 4.37. The van der Waals surface area contributed by atoms with Gasteiger partial charge in [-0.15, -0.1) is 11.3 Å². The predicted octanol–water partition coefficient (Wildman–Crippen LogP) is 3.56. The summed E-state index contributed by atoms with van der Waals surface area (Å²) in [5.41, 5.74) is 0.0109. The molecule has 0 spiro atoms. The number of aryl methyl sites for hydroxylation is 1. The van der Waals surface area contributed by atoms with E-state index in [4.69, 9.17) is 0 Å². The zero-order valence-corrected chi connectivity index (χ0v) is 11.8. The van der Waals surface area contributed by atoms with Gasteiger partial charge in [0.2, 0.25) is 0 Å². The average Bonchev–Trinajstić information content (AvgIpc) is 2.84. The summed E-state index contributed by atoms with van der Waals surface area (Å²) < 4.78 is 0. The van der Waals surface area contributed by atoms with Crippen LogP contribution < -0.4 is 4.90 Å². The first kappa shape index (κ1) is 13.5. The van der Waals surface area contributed by atoms with Gasteiger partial charge in [0.15, 0.2) is 0 Å². The van der Waals surface area contributed by atoms with E-state index < -0.39 is 4.92 Å². The average molecular weight is 277 g/mol. The fourth-order valence-corrected chi connectivity index (χ4v) is 2.73. The summed E-state index contributed by atoms with van der Waals surface area (Å²) in [7, 11) is 1.94. The van der Waals surface area contributed by atoms with Crippen LogP contribution in [0.4, 0.5) is 11.5 Å². The summed E-state index contributed by atoms with van der Waals surface area (Å²) >= 11 is 1.75. The molecule has 2 heterocycles. The summed E-state index contributed by atoms with van der Waals surface area (Å²) in [5.74, 6) is 0.726. The number of anilines is 1. The van der Waals surface area contributed by atoms with Crippen molar-refractivity contribution in [1.29, 1.82) is 0 Å². The molecule has 0 fully saturated rings. The molecule has 2 rings (SSSR count). The smallest absolute Gasteiger partial charge is 0.287 e. The van der Waals surface area contributed by atoms with Crippen LogP contribution in [-0.2, 0) is 0 Å². The van der Waals surface area contributed by atoms with Gasteiger partial charge in [-0.1, -0.05) is 0 Å². The molecule has 0 aliphatic heterocycles. The molecule has 0 bridgehead atoms. The van der Waals surface area contributed by atoms with Gasteiger partial charge in [-0.3, -0.25) is 10.1 Å². The molecule has 0 aliphatic rings. The molecule has 0 saturated heterocycles. The molecular formula is C13H15N3O2S. The first-order valence-corrected chi connectivity index (χ1v) is 6.70. The van der Waals surface area contributed by atoms with Gasteiger partial charge >= 0.3 is 0 Å². The molecule has 19 heavy (non-hydrogen) atoms. The van der Waals surface area contributed by atoms with E-state index in [0.29, 0.717) is 0 Å². The number of nitrogens with zero attached hydrogens (tertiary/aromatic N) is 3. The van der Waals surface area contributed by atoms with Crippen LogP contribution in [0.5, 0.6) is 0 Å². The van der Waals surface area contributed by atoms with Crippen LogP contribution in [0, 0.1) is 17.0 Å². The Morgan fingerprint density at radius 3 is 2.58 bits per heavy atom. The first-order chi connectivity index (χ1) is 8.99. The lowest BCUT2D eigenvalue weighted by molar-refractivity contribution is -0.385. The number of pyridine rings is 1. The Kier molecular flexibility index (Phi) is 3.80. The van der Waals surface area contributed by atoms with E-state index in [1.54, 1.807) is 17.4 Å². The highest BCUT2D eigenvalue weighted by molar-refractivity contribution is 7.12. The molecule has 2 aromatic rings. The van der Waals surface area contributed by atoms with Gasteiger partial charge in [-0.2, -0.15) is 0 Å². The highest BCUT2D eigenvalue weighted by Crippen LogP contribution is 2.29. The van der Waals surface area contributed by atoms with Crippen LogP contribution in [0.2, 0.25) is 0 Å². The van der Waals surface area contributed by atoms with Gasteiger partial charge in [0.05, 0.1) is 11.0 Å². The van der Waals surface area contributed by atoms with E-state index in [2.05, 4.69) is 31.0 Å². The normalized spacial score (nSPS) is 12.2. The zero-order chi connectivity index (χ0) is 14.0. The molecular weight excluding hydrogens is 262 g/mol. The minimum Gasteiger partial charge on any atom is -0.352 e. The number of hydrogen-bond donors (Lipinski definition) is 0. The predicted molar refractivity (Wildman–Crippen MR) is 76.8 cm³/mol. The van der Waals surface area contributed by atoms with Gasteiger partial charge in [0.25, 0.3) is 5.69 Å². The monoisotopic (exact) mass is 277 g/mol. The van der Waals surface area contributed by atoms with Crippen molar-refractivity contribution in [2.24, 2.45) is 0 Å². The SMILES string of the molecule is Cc1ccc(C(C)N(C)c2ccc([N+](=O)[O-])cn2)s1. The van der Waals surface area contributed by atoms with Gasteiger partial charge < -0.3 is 4.90 Å². The van der Waals surface area contributed by atoms with E-state index in [0.717, 1.165) is 5.82 Å². The lowest BCUT2D eigenvalue weighted by Gasteiger charge is -2.24. The van der Waals surface area contributed by atoms with Crippen LogP contribution in [0.3, 0.4) is 0 Å². The topological polar surface area (TPSA) is 59.3 Å². The third-order valence-electron chi connectivity index (χ3n) is 3.06. The second kappa shape index (κ2) is 5.36. The Morgan fingerprint density at radius 1 is 1.37 bits per heavy atom. The molecule has 6 heteroatoms. The molecule has 0 saturated carbocycles. The molecule has 1 atom stereocenters. The zero-order valence-electron chi connectivity index (χ0n) is 11.0. The van der Waals surface area contributed by atoms with Crippen molar-refractivity contribution in [1.82, 2.24) is 4.98 Å². The quantitative estimate of drug-likeness (QED) is 0.633. The third kappa shape index (κ3) is 2.90. The van der Waals surface area contributed by atoms with Crippen molar-refractivity contribution in [2.45, 2.75) is 19.9 Å². The van der Waals surface area contributed by atoms with E-state index in [1.807, 2.05) is 11.9 Å². The van der Waals surface area contributed by atoms with E-state index in [1.165, 1.54) is 22.0 Å². The number of rotatable bonds is 4. The summed E-state index contributed by atoms with van der Waals surface area (Å²) in [4.78, 5) is 18.8. The van der Waals surface area contributed by atoms with Gasteiger partial charge in [-0.05, 0) is 32.0 Å². The first-order valence-electron chi connectivity index (χ1n) is 5.88. The molecule has 1 unspecified atom stereocenters. The molecule has 0 aliphatic carbocycles. The van der Waals surface area contributed by atoms with Crippen LogP contribution in [-0.4, -0.2) is 17.0 Å². The summed E-state index contributed by atoms with van der Waals surface area (Å²) in [6.45, 7) is 4.17. The highest BCUT2D eigenvalue weighted by Gasteiger charge is 2.16. The maximum absolute atomic E-state index is 10.6. The molecule has 0 amide bonds. The maximum atomic E-state index is 10.6. The van der Waals surface area contributed by atoms with Crippen molar-refractivity contribution in [3.05, 3.63) is 50.3 Å². The summed E-state index contributed by atoms with van der Waals surface area (Å²) in [6, 6.07) is 7.54. The van der Waals surface area contributed by atoms with E-state index in [9.17, 15) is 10.1 Å². The largest absolute Gasteiger partial charge is 0.352 e. The minimum atomic E-state index is -0.442. The summed E-state index contributed by atoms with van der Waals surface area (Å²) in [6.07, 6.45) is 1.29. The van der Waals surface area contributed by atoms with Gasteiger partial charge in [0, 0.05) is 22.9 Å². The van der Waals surface area contributed by atoms with Crippen LogP contribution in [0.15, 0.2) is 30.5 Å². The summed E-state index contributed by atoms with van der Waals surface area (Å²) in [5, 5.41) is 10.6. The third-order valence-corrected chi connectivity index (χ3v) is 4.23. The second-order valence-corrected chi connectivity index (χ2v) is 5.69. The number of hydrogen-bond acceptors (Lipinski definition) is 5. The number of nitro groups is 1. The van der Waals surface area contributed by atoms with Crippen molar-refractivity contribution in [3.63, 3.8) is 0 Å². The molecule has 0 N–H and O–H groups in total. The molecule has 100 valence electrons. The molecule has 0 radical (unpaired) electrons. The fourth-order valence-electron chi connectivity index (χ4n) is 1.76. The Balaban J connectivity index is 2.19. The van der Waals surface area contributed by atoms with Crippen molar-refractivity contribution >= 4 is 22.8 Å². The van der Waals surface area contributed by atoms with Crippen LogP contribution in [0.25, 0.3) is 0 Å². The number of aromatic nitrogens is 1. The number of thiophene rings is 1. The molecule has 5 nitrogen and oxygen atoms in total. The lowest BCUT2D eigenvalue weighted by Crippen LogP contribution is -2.21. The maximum Gasteiger partial charge on any atom is 0.287 e. The van der Waals surface area contributed by atoms with Crippen molar-refractivity contribution in [3.8, 4) is 0 Å². The lowest BCUT2D eigenvalue weighted by atomic mass is 10.2. The Labute approximate surface area is 115 Å². The molecule has 0 aromatic carbocycles. The van der Waals surface area contributed by atoms with Crippen LogP contribution >= 0.6 is 11.3 Å². The van der Waals surface area contributed by atoms with Crippen LogP contribution in [0.1, 0.15) is 22.7 Å². The van der Waals surface area contributed by atoms with Crippen molar-refractivity contribution in [2.75, 3.05) is 11.9 Å². The Morgan fingerprint density at radius 2 is 2.11 bits per heavy atom. The van der Waals surface area contributed by atoms with Gasteiger partial charge in [-0.25, -0.2) is 4.98 Å². The minimum absolute atomic E-state index is 0.0109. The Hall–Kier alpha value is -1.95. The van der Waals surface area contributed by atoms with E-state index >= 15 is 0 Å². The Bertz CT molecular complexity index is 580. The van der Waals surface area contributed by atoms with Gasteiger partial charge in [0.1, 0.15) is 12.0 Å². The molecule has 2 aromatic heterocycles. The highest BCUT2D eigenvalue weighted by atomic mass is 32.1. The fraction of sp³-hybridized carbons (Fsp3) is 0.308.